The largest absolute Gasteiger partial charge is 0.356 e. The number of aliphatic imine (C=N–C) groups is 1. The Hall–Kier alpha value is -1.38. The third-order valence-electron chi connectivity index (χ3n) is 4.90. The van der Waals surface area contributed by atoms with Crippen LogP contribution < -0.4 is 16.0 Å². The van der Waals surface area contributed by atoms with Gasteiger partial charge in [0.2, 0.25) is 0 Å². The maximum absolute atomic E-state index is 11.9. The van der Waals surface area contributed by atoms with Gasteiger partial charge in [-0.3, -0.25) is 14.8 Å². The highest BCUT2D eigenvalue weighted by atomic mass is 127. The molecule has 1 aromatic heterocycles. The highest BCUT2D eigenvalue weighted by molar-refractivity contribution is 14.0. The molecule has 0 radical (unpaired) electrons. The van der Waals surface area contributed by atoms with Crippen molar-refractivity contribution in [2.45, 2.75) is 39.0 Å². The summed E-state index contributed by atoms with van der Waals surface area (Å²) in [5, 5.41) is 9.56. The van der Waals surface area contributed by atoms with Gasteiger partial charge in [0.1, 0.15) is 0 Å². The van der Waals surface area contributed by atoms with Crippen LogP contribution in [0.1, 0.15) is 49.4 Å². The van der Waals surface area contributed by atoms with Crippen molar-refractivity contribution in [2.75, 3.05) is 26.7 Å². The fourth-order valence-corrected chi connectivity index (χ4v) is 3.23. The highest BCUT2D eigenvalue weighted by Crippen LogP contribution is 2.40. The number of amides is 1. The summed E-state index contributed by atoms with van der Waals surface area (Å²) in [6.07, 6.45) is 9.70. The lowest BCUT2D eigenvalue weighted by Gasteiger charge is -2.28. The molecule has 25 heavy (non-hydrogen) atoms. The molecule has 1 heterocycles. The van der Waals surface area contributed by atoms with Crippen LogP contribution in [0.3, 0.4) is 0 Å². The summed E-state index contributed by atoms with van der Waals surface area (Å²) in [6, 6.07) is 3.51. The van der Waals surface area contributed by atoms with Gasteiger partial charge < -0.3 is 16.0 Å². The minimum absolute atomic E-state index is 0. The molecule has 0 bridgehead atoms. The number of nitrogens with zero attached hydrogens (tertiary/aromatic N) is 2. The molecule has 0 aliphatic heterocycles. The molecule has 2 rings (SSSR count). The zero-order valence-electron chi connectivity index (χ0n) is 15.2. The fraction of sp³-hybridized carbons (Fsp3) is 0.611. The van der Waals surface area contributed by atoms with Gasteiger partial charge >= 0.3 is 0 Å². The number of guanidine groups is 1. The predicted octanol–water partition coefficient (Wildman–Crippen LogP) is 2.56. The second-order valence-electron chi connectivity index (χ2n) is 6.41. The Balaban J connectivity index is 0.00000312. The van der Waals surface area contributed by atoms with E-state index in [0.29, 0.717) is 24.1 Å². The predicted molar refractivity (Wildman–Crippen MR) is 113 cm³/mol. The molecule has 0 saturated heterocycles. The zero-order valence-corrected chi connectivity index (χ0v) is 17.5. The Bertz CT molecular complexity index is 544. The first-order chi connectivity index (χ1) is 11.7. The molecule has 0 spiro atoms. The van der Waals surface area contributed by atoms with Crippen molar-refractivity contribution in [3.8, 4) is 0 Å². The van der Waals surface area contributed by atoms with Gasteiger partial charge in [-0.15, -0.1) is 24.0 Å². The van der Waals surface area contributed by atoms with Crippen LogP contribution in [-0.2, 0) is 0 Å². The summed E-state index contributed by atoms with van der Waals surface area (Å²) in [5.41, 5.74) is 0.998. The van der Waals surface area contributed by atoms with E-state index in [2.05, 4.69) is 32.9 Å². The Labute approximate surface area is 167 Å². The lowest BCUT2D eigenvalue weighted by atomic mass is 9.83. The Morgan fingerprint density at radius 1 is 1.24 bits per heavy atom. The van der Waals surface area contributed by atoms with Gasteiger partial charge in [0.05, 0.1) is 5.56 Å². The topological polar surface area (TPSA) is 78.4 Å². The SMILES string of the molecule is CCC1(CNC(=NC)NCCNC(=O)c2cccnc2)CCCC1.I. The second-order valence-corrected chi connectivity index (χ2v) is 6.41. The van der Waals surface area contributed by atoms with E-state index in [1.54, 1.807) is 31.6 Å². The summed E-state index contributed by atoms with van der Waals surface area (Å²) in [6.45, 7) is 4.40. The number of hydrogen-bond acceptors (Lipinski definition) is 3. The maximum Gasteiger partial charge on any atom is 0.252 e. The molecule has 1 saturated carbocycles. The molecule has 6 nitrogen and oxygen atoms in total. The van der Waals surface area contributed by atoms with Crippen LogP contribution in [0, 0.1) is 5.41 Å². The zero-order chi connectivity index (χ0) is 17.3. The third kappa shape index (κ3) is 6.80. The number of carbonyl (C=O) groups excluding carboxylic acids is 1. The summed E-state index contributed by atoms with van der Waals surface area (Å²) in [4.78, 5) is 20.1. The van der Waals surface area contributed by atoms with Crippen molar-refractivity contribution in [3.05, 3.63) is 30.1 Å². The molecule has 0 aromatic carbocycles. The first kappa shape index (κ1) is 21.7. The van der Waals surface area contributed by atoms with Crippen molar-refractivity contribution in [1.29, 1.82) is 0 Å². The van der Waals surface area contributed by atoms with Crippen LogP contribution in [0.2, 0.25) is 0 Å². The smallest absolute Gasteiger partial charge is 0.252 e. The van der Waals surface area contributed by atoms with E-state index < -0.39 is 0 Å². The van der Waals surface area contributed by atoms with E-state index in [9.17, 15) is 4.79 Å². The summed E-state index contributed by atoms with van der Waals surface area (Å²) >= 11 is 0. The standard InChI is InChI=1S/C18H29N5O.HI/c1-3-18(8-4-5-9-18)14-23-17(19-2)22-12-11-21-16(24)15-7-6-10-20-13-15;/h6-7,10,13H,3-5,8-9,11-12,14H2,1-2H3,(H,21,24)(H2,19,22,23);1H. The summed E-state index contributed by atoms with van der Waals surface area (Å²) in [5.74, 6) is 0.689. The number of rotatable bonds is 7. The monoisotopic (exact) mass is 459 g/mol. The molecule has 140 valence electrons. The molecule has 1 amide bonds. The normalized spacial score (nSPS) is 16.0. The van der Waals surface area contributed by atoms with E-state index in [-0.39, 0.29) is 29.9 Å². The minimum Gasteiger partial charge on any atom is -0.356 e. The van der Waals surface area contributed by atoms with Crippen LogP contribution in [0.4, 0.5) is 0 Å². The quantitative estimate of drug-likeness (QED) is 0.254. The van der Waals surface area contributed by atoms with Gasteiger partial charge in [-0.05, 0) is 36.8 Å². The highest BCUT2D eigenvalue weighted by Gasteiger charge is 2.31. The molecule has 1 aliphatic carbocycles. The first-order valence-corrected chi connectivity index (χ1v) is 8.82. The third-order valence-corrected chi connectivity index (χ3v) is 4.90. The van der Waals surface area contributed by atoms with Gasteiger partial charge in [0, 0.05) is 39.1 Å². The summed E-state index contributed by atoms with van der Waals surface area (Å²) < 4.78 is 0. The second kappa shape index (κ2) is 11.3. The molecular formula is C18H30IN5O. The molecule has 1 aliphatic rings. The molecular weight excluding hydrogens is 429 g/mol. The van der Waals surface area contributed by atoms with Crippen molar-refractivity contribution in [2.24, 2.45) is 10.4 Å². The number of hydrogen-bond donors (Lipinski definition) is 3. The Kier molecular flexibility index (Phi) is 9.77. The van der Waals surface area contributed by atoms with Crippen molar-refractivity contribution >= 4 is 35.8 Å². The van der Waals surface area contributed by atoms with Gasteiger partial charge in [-0.25, -0.2) is 0 Å². The van der Waals surface area contributed by atoms with E-state index >= 15 is 0 Å². The first-order valence-electron chi connectivity index (χ1n) is 8.82. The molecule has 7 heteroatoms. The van der Waals surface area contributed by atoms with Crippen molar-refractivity contribution < 1.29 is 4.79 Å². The fourth-order valence-electron chi connectivity index (χ4n) is 3.23. The molecule has 0 atom stereocenters. The van der Waals surface area contributed by atoms with Gasteiger partial charge in [0.25, 0.3) is 5.91 Å². The summed E-state index contributed by atoms with van der Waals surface area (Å²) in [7, 11) is 1.77. The minimum atomic E-state index is -0.108. The number of carbonyl (C=O) groups is 1. The Morgan fingerprint density at radius 3 is 2.56 bits per heavy atom. The van der Waals surface area contributed by atoms with Crippen LogP contribution >= 0.6 is 24.0 Å². The number of halogens is 1. The van der Waals surface area contributed by atoms with Crippen LogP contribution in [-0.4, -0.2) is 43.5 Å². The molecule has 1 aromatic rings. The van der Waals surface area contributed by atoms with Crippen molar-refractivity contribution in [3.63, 3.8) is 0 Å². The lowest BCUT2D eigenvalue weighted by molar-refractivity contribution is 0.0954. The number of nitrogens with one attached hydrogen (secondary N) is 3. The van der Waals surface area contributed by atoms with Crippen LogP contribution in [0.25, 0.3) is 0 Å². The van der Waals surface area contributed by atoms with Crippen LogP contribution in [0.5, 0.6) is 0 Å². The molecule has 0 unspecified atom stereocenters. The van der Waals surface area contributed by atoms with Gasteiger partial charge in [-0.2, -0.15) is 0 Å². The lowest BCUT2D eigenvalue weighted by Crippen LogP contribution is -2.45. The van der Waals surface area contributed by atoms with Crippen molar-refractivity contribution in [1.82, 2.24) is 20.9 Å². The molecule has 1 fully saturated rings. The molecule has 3 N–H and O–H groups in total. The van der Waals surface area contributed by atoms with Gasteiger partial charge in [-0.1, -0.05) is 19.8 Å². The number of aromatic nitrogens is 1. The average molecular weight is 459 g/mol. The van der Waals surface area contributed by atoms with E-state index in [4.69, 9.17) is 0 Å². The van der Waals surface area contributed by atoms with E-state index in [1.165, 1.54) is 32.1 Å². The maximum atomic E-state index is 11.9. The average Bonchev–Trinajstić information content (AvgIpc) is 3.11. The van der Waals surface area contributed by atoms with Crippen LogP contribution in [0.15, 0.2) is 29.5 Å². The van der Waals surface area contributed by atoms with Gasteiger partial charge in [0.15, 0.2) is 5.96 Å². The van der Waals surface area contributed by atoms with E-state index in [1.807, 2.05) is 0 Å². The van der Waals surface area contributed by atoms with E-state index in [0.717, 1.165) is 12.5 Å². The number of pyridine rings is 1. The Morgan fingerprint density at radius 2 is 1.96 bits per heavy atom.